The Morgan fingerprint density at radius 1 is 1.32 bits per heavy atom. The summed E-state index contributed by atoms with van der Waals surface area (Å²) in [6.07, 6.45) is 3.52. The van der Waals surface area contributed by atoms with Crippen LogP contribution in [0.2, 0.25) is 0 Å². The normalized spacial score (nSPS) is 26.5. The Kier molecular flexibility index (Phi) is 4.41. The van der Waals surface area contributed by atoms with Crippen LogP contribution in [-0.2, 0) is 5.41 Å². The lowest BCUT2D eigenvalue weighted by atomic mass is 9.80. The van der Waals surface area contributed by atoms with Crippen LogP contribution >= 0.6 is 15.9 Å². The molecule has 1 saturated carbocycles. The number of nitrogens with one attached hydrogen (secondary N) is 1. The highest BCUT2D eigenvalue weighted by Crippen LogP contribution is 2.48. The van der Waals surface area contributed by atoms with Crippen LogP contribution in [0.3, 0.4) is 0 Å². The van der Waals surface area contributed by atoms with Crippen LogP contribution in [0.4, 0.5) is 0 Å². The summed E-state index contributed by atoms with van der Waals surface area (Å²) in [5, 5.41) is 3.39. The summed E-state index contributed by atoms with van der Waals surface area (Å²) in [6.45, 7) is 2.32. The largest absolute Gasteiger partial charge is 0.495 e. The minimum Gasteiger partial charge on any atom is -0.495 e. The molecule has 0 amide bonds. The molecular formula is C15H22BrNO2. The molecule has 3 nitrogen and oxygen atoms in total. The van der Waals surface area contributed by atoms with Crippen molar-refractivity contribution in [1.29, 1.82) is 0 Å². The summed E-state index contributed by atoms with van der Waals surface area (Å²) in [6, 6.07) is 4.75. The molecule has 1 N–H and O–H groups in total. The average Bonchev–Trinajstić information content (AvgIpc) is 2.81. The summed E-state index contributed by atoms with van der Waals surface area (Å²) in [5.74, 6) is 1.71. The van der Waals surface area contributed by atoms with Crippen molar-refractivity contribution in [3.63, 3.8) is 0 Å². The van der Waals surface area contributed by atoms with Crippen molar-refractivity contribution in [2.24, 2.45) is 0 Å². The van der Waals surface area contributed by atoms with Crippen LogP contribution in [0.15, 0.2) is 16.6 Å². The SMILES string of the molecule is CNC1CCC(C)(c2ccc(OC)c(Br)c2OC)C1. The maximum Gasteiger partial charge on any atom is 0.140 e. The fourth-order valence-electron chi connectivity index (χ4n) is 3.10. The first-order chi connectivity index (χ1) is 9.05. The first kappa shape index (κ1) is 14.7. The second kappa shape index (κ2) is 5.71. The number of ether oxygens (including phenoxy) is 2. The minimum atomic E-state index is 0.161. The zero-order chi connectivity index (χ0) is 14.0. The predicted molar refractivity (Wildman–Crippen MR) is 81.3 cm³/mol. The number of halogens is 1. The van der Waals surface area contributed by atoms with Crippen molar-refractivity contribution in [3.05, 3.63) is 22.2 Å². The summed E-state index contributed by atoms with van der Waals surface area (Å²) in [5.41, 5.74) is 1.42. The summed E-state index contributed by atoms with van der Waals surface area (Å²) < 4.78 is 11.9. The Balaban J connectivity index is 2.42. The summed E-state index contributed by atoms with van der Waals surface area (Å²) in [4.78, 5) is 0. The Hall–Kier alpha value is -0.740. The second-order valence-electron chi connectivity index (χ2n) is 5.45. The van der Waals surface area contributed by atoms with E-state index in [9.17, 15) is 0 Å². The van der Waals surface area contributed by atoms with E-state index < -0.39 is 0 Å². The van der Waals surface area contributed by atoms with Gasteiger partial charge in [-0.3, -0.25) is 0 Å². The lowest BCUT2D eigenvalue weighted by molar-refractivity contribution is 0.368. The highest BCUT2D eigenvalue weighted by atomic mass is 79.9. The van der Waals surface area contributed by atoms with Gasteiger partial charge in [0.15, 0.2) is 0 Å². The van der Waals surface area contributed by atoms with E-state index in [0.29, 0.717) is 6.04 Å². The first-order valence-electron chi connectivity index (χ1n) is 6.64. The Morgan fingerprint density at radius 2 is 2.05 bits per heavy atom. The fourth-order valence-corrected chi connectivity index (χ4v) is 3.77. The lowest BCUT2D eigenvalue weighted by Gasteiger charge is -2.28. The van der Waals surface area contributed by atoms with E-state index in [1.165, 1.54) is 18.4 Å². The third-order valence-electron chi connectivity index (χ3n) is 4.29. The van der Waals surface area contributed by atoms with Crippen LogP contribution in [0.1, 0.15) is 31.7 Å². The van der Waals surface area contributed by atoms with Gasteiger partial charge in [-0.05, 0) is 53.7 Å². The third kappa shape index (κ3) is 2.61. The maximum atomic E-state index is 5.62. The second-order valence-corrected chi connectivity index (χ2v) is 6.24. The molecule has 1 aromatic rings. The molecule has 1 fully saturated rings. The molecule has 0 bridgehead atoms. The molecule has 0 radical (unpaired) electrons. The van der Waals surface area contributed by atoms with Crippen molar-refractivity contribution in [3.8, 4) is 11.5 Å². The van der Waals surface area contributed by atoms with Gasteiger partial charge in [0.05, 0.1) is 14.2 Å². The molecule has 1 aliphatic rings. The molecule has 0 aliphatic heterocycles. The van der Waals surface area contributed by atoms with Crippen molar-refractivity contribution in [2.45, 2.75) is 37.6 Å². The standard InChI is InChI=1S/C15H22BrNO2/c1-15(8-7-10(9-15)17-2)11-5-6-12(18-3)13(16)14(11)19-4/h5-6,10,17H,7-9H2,1-4H3. The van der Waals surface area contributed by atoms with Crippen LogP contribution < -0.4 is 14.8 Å². The van der Waals surface area contributed by atoms with Crippen molar-refractivity contribution in [1.82, 2.24) is 5.32 Å². The van der Waals surface area contributed by atoms with Crippen LogP contribution in [0.5, 0.6) is 11.5 Å². The molecule has 0 heterocycles. The minimum absolute atomic E-state index is 0.161. The van der Waals surface area contributed by atoms with Gasteiger partial charge in [0, 0.05) is 11.6 Å². The van der Waals surface area contributed by atoms with Crippen molar-refractivity contribution >= 4 is 15.9 Å². The highest BCUT2D eigenvalue weighted by molar-refractivity contribution is 9.10. The molecule has 4 heteroatoms. The average molecular weight is 328 g/mol. The number of hydrogen-bond donors (Lipinski definition) is 1. The van der Waals surface area contributed by atoms with Gasteiger partial charge in [0.2, 0.25) is 0 Å². The summed E-state index contributed by atoms with van der Waals surface area (Å²) in [7, 11) is 5.43. The van der Waals surface area contributed by atoms with Gasteiger partial charge < -0.3 is 14.8 Å². The molecule has 106 valence electrons. The van der Waals surface area contributed by atoms with E-state index in [1.807, 2.05) is 13.1 Å². The molecular weight excluding hydrogens is 306 g/mol. The number of benzene rings is 1. The van der Waals surface area contributed by atoms with E-state index in [2.05, 4.69) is 34.2 Å². The van der Waals surface area contributed by atoms with Gasteiger partial charge >= 0.3 is 0 Å². The van der Waals surface area contributed by atoms with E-state index >= 15 is 0 Å². The molecule has 1 aromatic carbocycles. The van der Waals surface area contributed by atoms with Crippen LogP contribution in [0.25, 0.3) is 0 Å². The van der Waals surface area contributed by atoms with Gasteiger partial charge in [0.1, 0.15) is 16.0 Å². The maximum absolute atomic E-state index is 5.62. The van der Waals surface area contributed by atoms with E-state index in [0.717, 1.165) is 22.4 Å². The van der Waals surface area contributed by atoms with Gasteiger partial charge in [-0.1, -0.05) is 13.0 Å². The van der Waals surface area contributed by atoms with Gasteiger partial charge in [-0.2, -0.15) is 0 Å². The fraction of sp³-hybridized carbons (Fsp3) is 0.600. The number of methoxy groups -OCH3 is 2. The summed E-state index contributed by atoms with van der Waals surface area (Å²) >= 11 is 3.59. The number of rotatable bonds is 4. The van der Waals surface area contributed by atoms with Crippen LogP contribution in [-0.4, -0.2) is 27.3 Å². The third-order valence-corrected chi connectivity index (χ3v) is 5.04. The quantitative estimate of drug-likeness (QED) is 0.918. The first-order valence-corrected chi connectivity index (χ1v) is 7.43. The molecule has 0 spiro atoms. The Labute approximate surface area is 123 Å². The molecule has 1 aliphatic carbocycles. The van der Waals surface area contributed by atoms with Crippen molar-refractivity contribution < 1.29 is 9.47 Å². The Morgan fingerprint density at radius 3 is 2.58 bits per heavy atom. The van der Waals surface area contributed by atoms with E-state index in [-0.39, 0.29) is 5.41 Å². The van der Waals surface area contributed by atoms with Gasteiger partial charge in [0.25, 0.3) is 0 Å². The Bertz CT molecular complexity index is 464. The van der Waals surface area contributed by atoms with E-state index in [4.69, 9.17) is 9.47 Å². The predicted octanol–water partition coefficient (Wildman–Crippen LogP) is 3.50. The van der Waals surface area contributed by atoms with Gasteiger partial charge in [-0.15, -0.1) is 0 Å². The molecule has 2 rings (SSSR count). The zero-order valence-corrected chi connectivity index (χ0v) is 13.6. The lowest BCUT2D eigenvalue weighted by Crippen LogP contribution is -2.26. The molecule has 2 atom stereocenters. The number of hydrogen-bond acceptors (Lipinski definition) is 3. The van der Waals surface area contributed by atoms with Crippen molar-refractivity contribution in [2.75, 3.05) is 21.3 Å². The van der Waals surface area contributed by atoms with Gasteiger partial charge in [-0.25, -0.2) is 0 Å². The molecule has 0 aromatic heterocycles. The molecule has 0 saturated heterocycles. The monoisotopic (exact) mass is 327 g/mol. The smallest absolute Gasteiger partial charge is 0.140 e. The highest BCUT2D eigenvalue weighted by Gasteiger charge is 2.38. The van der Waals surface area contributed by atoms with E-state index in [1.54, 1.807) is 14.2 Å². The molecule has 2 unspecified atom stereocenters. The molecule has 19 heavy (non-hydrogen) atoms. The zero-order valence-electron chi connectivity index (χ0n) is 12.0. The topological polar surface area (TPSA) is 30.5 Å². The van der Waals surface area contributed by atoms with Crippen LogP contribution in [0, 0.1) is 0 Å².